The van der Waals surface area contributed by atoms with E-state index in [0.29, 0.717) is 6.54 Å². The molecule has 112 valence electrons. The van der Waals surface area contributed by atoms with E-state index >= 15 is 0 Å². The molecule has 0 aromatic carbocycles. The van der Waals surface area contributed by atoms with Crippen LogP contribution in [0.2, 0.25) is 0 Å². The van der Waals surface area contributed by atoms with Crippen molar-refractivity contribution in [3.8, 4) is 0 Å². The summed E-state index contributed by atoms with van der Waals surface area (Å²) < 4.78 is 5.16. The van der Waals surface area contributed by atoms with Crippen LogP contribution in [0.15, 0.2) is 12.3 Å². The van der Waals surface area contributed by atoms with E-state index in [1.54, 1.807) is 33.0 Å². The van der Waals surface area contributed by atoms with Crippen molar-refractivity contribution in [3.05, 3.63) is 23.5 Å². The molecular weight excluding hydrogens is 260 g/mol. The molecule has 20 heavy (non-hydrogen) atoms. The zero-order valence-corrected chi connectivity index (χ0v) is 12.5. The van der Waals surface area contributed by atoms with E-state index in [0.717, 1.165) is 5.56 Å². The maximum Gasteiger partial charge on any atom is 0.407 e. The largest absolute Gasteiger partial charge is 0.477 e. The monoisotopic (exact) mass is 282 g/mol. The second kappa shape index (κ2) is 5.56. The molecule has 0 aliphatic carbocycles. The summed E-state index contributed by atoms with van der Waals surface area (Å²) in [4.78, 5) is 25.2. The number of aromatic nitrogens is 1. The van der Waals surface area contributed by atoms with Gasteiger partial charge in [-0.3, -0.25) is 0 Å². The summed E-state index contributed by atoms with van der Waals surface area (Å²) in [6.07, 6.45) is 1.15. The average molecular weight is 282 g/mol. The first kappa shape index (κ1) is 16.1. The van der Waals surface area contributed by atoms with Gasteiger partial charge in [-0.1, -0.05) is 13.8 Å². The molecule has 0 saturated carbocycles. The van der Waals surface area contributed by atoms with Crippen LogP contribution in [-0.2, 0) is 10.2 Å². The van der Waals surface area contributed by atoms with Crippen molar-refractivity contribution in [2.24, 2.45) is 0 Å². The van der Waals surface area contributed by atoms with Gasteiger partial charge in [0, 0.05) is 18.2 Å². The van der Waals surface area contributed by atoms with Gasteiger partial charge in [-0.25, -0.2) is 9.59 Å². The van der Waals surface area contributed by atoms with Gasteiger partial charge in [0.25, 0.3) is 0 Å². The summed E-state index contributed by atoms with van der Waals surface area (Å²) in [5.41, 5.74) is -0.00353. The minimum Gasteiger partial charge on any atom is -0.477 e. The first-order valence-electron chi connectivity index (χ1n) is 6.40. The number of alkyl carbamates (subject to hydrolysis) is 1. The zero-order valence-electron chi connectivity index (χ0n) is 12.5. The van der Waals surface area contributed by atoms with Gasteiger partial charge >= 0.3 is 12.1 Å². The van der Waals surface area contributed by atoms with E-state index in [-0.39, 0.29) is 5.69 Å². The zero-order chi connectivity index (χ0) is 15.6. The first-order chi connectivity index (χ1) is 9.01. The number of rotatable bonds is 4. The standard InChI is InChI=1S/C14H22N2O4/c1-13(2,3)20-12(19)16-8-14(4,5)9-6-10(11(17)18)15-7-9/h6-7,15H,8H2,1-5H3,(H,16,19)(H,17,18). The summed E-state index contributed by atoms with van der Waals surface area (Å²) in [6, 6.07) is 1.57. The highest BCUT2D eigenvalue weighted by Gasteiger charge is 2.25. The normalized spacial score (nSPS) is 12.1. The lowest BCUT2D eigenvalue weighted by molar-refractivity contribution is 0.0516. The van der Waals surface area contributed by atoms with Crippen LogP contribution >= 0.6 is 0 Å². The minimum absolute atomic E-state index is 0.130. The Bertz CT molecular complexity index is 498. The number of aromatic amines is 1. The van der Waals surface area contributed by atoms with Crippen LogP contribution in [0, 0.1) is 0 Å². The van der Waals surface area contributed by atoms with E-state index in [2.05, 4.69) is 10.3 Å². The molecule has 1 amide bonds. The molecule has 0 radical (unpaired) electrons. The summed E-state index contributed by atoms with van der Waals surface area (Å²) >= 11 is 0. The van der Waals surface area contributed by atoms with Gasteiger partial charge in [-0.2, -0.15) is 0 Å². The summed E-state index contributed by atoms with van der Waals surface area (Å²) in [6.45, 7) is 9.56. The molecule has 0 unspecified atom stereocenters. The van der Waals surface area contributed by atoms with Gasteiger partial charge in [0.1, 0.15) is 11.3 Å². The number of carboxylic acids is 1. The first-order valence-corrected chi connectivity index (χ1v) is 6.40. The van der Waals surface area contributed by atoms with Crippen molar-refractivity contribution in [2.45, 2.75) is 45.6 Å². The molecule has 0 saturated heterocycles. The highest BCUT2D eigenvalue weighted by atomic mass is 16.6. The van der Waals surface area contributed by atoms with Gasteiger partial charge in [0.15, 0.2) is 0 Å². The maximum atomic E-state index is 11.6. The number of carboxylic acid groups (broad SMARTS) is 1. The Hall–Kier alpha value is -1.98. The third-order valence-electron chi connectivity index (χ3n) is 2.77. The molecule has 0 atom stereocenters. The quantitative estimate of drug-likeness (QED) is 0.791. The molecule has 0 fully saturated rings. The summed E-state index contributed by atoms with van der Waals surface area (Å²) in [5, 5.41) is 11.6. The fraction of sp³-hybridized carbons (Fsp3) is 0.571. The Morgan fingerprint density at radius 3 is 2.35 bits per heavy atom. The summed E-state index contributed by atoms with van der Waals surface area (Å²) in [7, 11) is 0. The molecular formula is C14H22N2O4. The van der Waals surface area contributed by atoms with Crippen LogP contribution in [-0.4, -0.2) is 34.3 Å². The molecule has 0 bridgehead atoms. The minimum atomic E-state index is -1.01. The lowest BCUT2D eigenvalue weighted by Crippen LogP contribution is -2.39. The highest BCUT2D eigenvalue weighted by Crippen LogP contribution is 2.23. The Kier molecular flexibility index (Phi) is 4.47. The predicted octanol–water partition coefficient (Wildman–Crippen LogP) is 2.52. The second-order valence-corrected chi connectivity index (χ2v) is 6.35. The highest BCUT2D eigenvalue weighted by molar-refractivity contribution is 5.85. The van der Waals surface area contributed by atoms with E-state index in [9.17, 15) is 9.59 Å². The number of hydrogen-bond donors (Lipinski definition) is 3. The molecule has 1 aromatic rings. The molecule has 1 heterocycles. The maximum absolute atomic E-state index is 11.6. The van der Waals surface area contributed by atoms with Gasteiger partial charge in [0.2, 0.25) is 0 Å². The van der Waals surface area contributed by atoms with Gasteiger partial charge < -0.3 is 20.1 Å². The fourth-order valence-electron chi connectivity index (χ4n) is 1.62. The Labute approximate surface area is 118 Å². The predicted molar refractivity (Wildman–Crippen MR) is 75.0 cm³/mol. The van der Waals surface area contributed by atoms with Crippen molar-refractivity contribution < 1.29 is 19.4 Å². The molecule has 3 N–H and O–H groups in total. The Morgan fingerprint density at radius 2 is 1.90 bits per heavy atom. The number of aromatic carboxylic acids is 1. The van der Waals surface area contributed by atoms with E-state index in [1.807, 2.05) is 13.8 Å². The van der Waals surface area contributed by atoms with Crippen LogP contribution in [0.3, 0.4) is 0 Å². The van der Waals surface area contributed by atoms with Crippen molar-refractivity contribution in [3.63, 3.8) is 0 Å². The van der Waals surface area contributed by atoms with Crippen LogP contribution in [0.1, 0.15) is 50.7 Å². The molecule has 0 aliphatic rings. The van der Waals surface area contributed by atoms with Gasteiger partial charge in [0.05, 0.1) is 0 Å². The molecule has 6 nitrogen and oxygen atoms in total. The van der Waals surface area contributed by atoms with Crippen molar-refractivity contribution in [2.75, 3.05) is 6.54 Å². The summed E-state index contributed by atoms with van der Waals surface area (Å²) in [5.74, 6) is -1.01. The third kappa shape index (κ3) is 4.60. The van der Waals surface area contributed by atoms with Crippen molar-refractivity contribution in [1.82, 2.24) is 10.3 Å². The molecule has 1 aromatic heterocycles. The topological polar surface area (TPSA) is 91.4 Å². The van der Waals surface area contributed by atoms with E-state index in [1.165, 1.54) is 0 Å². The molecule has 6 heteroatoms. The van der Waals surface area contributed by atoms with Gasteiger partial charge in [-0.05, 0) is 32.4 Å². The van der Waals surface area contributed by atoms with Crippen LogP contribution in [0.4, 0.5) is 4.79 Å². The Balaban J connectivity index is 2.65. The van der Waals surface area contributed by atoms with E-state index in [4.69, 9.17) is 9.84 Å². The number of ether oxygens (including phenoxy) is 1. The smallest absolute Gasteiger partial charge is 0.407 e. The average Bonchev–Trinajstić information content (AvgIpc) is 2.74. The molecule has 1 rings (SSSR count). The number of nitrogens with one attached hydrogen (secondary N) is 2. The van der Waals surface area contributed by atoms with Crippen molar-refractivity contribution in [1.29, 1.82) is 0 Å². The SMILES string of the molecule is CC(C)(C)OC(=O)NCC(C)(C)c1c[nH]c(C(=O)O)c1. The third-order valence-corrected chi connectivity index (χ3v) is 2.77. The van der Waals surface area contributed by atoms with Crippen LogP contribution < -0.4 is 5.32 Å². The van der Waals surface area contributed by atoms with Gasteiger partial charge in [-0.15, -0.1) is 0 Å². The number of carbonyl (C=O) groups is 2. The molecule has 0 spiro atoms. The number of carbonyl (C=O) groups excluding carboxylic acids is 1. The number of H-pyrrole nitrogens is 1. The second-order valence-electron chi connectivity index (χ2n) is 6.35. The van der Waals surface area contributed by atoms with Crippen LogP contribution in [0.5, 0.6) is 0 Å². The lowest BCUT2D eigenvalue weighted by atomic mass is 9.86. The lowest BCUT2D eigenvalue weighted by Gasteiger charge is -2.26. The van der Waals surface area contributed by atoms with Crippen molar-refractivity contribution >= 4 is 12.1 Å². The Morgan fingerprint density at radius 1 is 1.30 bits per heavy atom. The van der Waals surface area contributed by atoms with Crippen LogP contribution in [0.25, 0.3) is 0 Å². The molecule has 0 aliphatic heterocycles. The number of hydrogen-bond acceptors (Lipinski definition) is 3. The number of amides is 1. The fourth-order valence-corrected chi connectivity index (χ4v) is 1.62. The van der Waals surface area contributed by atoms with E-state index < -0.39 is 23.1 Å².